The lowest BCUT2D eigenvalue weighted by molar-refractivity contribution is -0.155. The average molecular weight is 424 g/mol. The molecule has 1 heterocycles. The van der Waals surface area contributed by atoms with Gasteiger partial charge in [0.25, 0.3) is 0 Å². The Labute approximate surface area is 180 Å². The largest absolute Gasteiger partial charge is 0.481 e. The molecule has 3 nitrogen and oxygen atoms in total. The van der Waals surface area contributed by atoms with Crippen LogP contribution in [-0.2, 0) is 4.79 Å². The average Bonchev–Trinajstić information content (AvgIpc) is 2.96. The van der Waals surface area contributed by atoms with Crippen molar-refractivity contribution < 1.29 is 18.7 Å². The maximum Gasteiger partial charge on any atom is 0.306 e. The molecule has 2 saturated carbocycles. The fraction of sp³-hybridized carbons (Fsp3) is 0.423. The number of fused-ring (bicyclic) bond motifs is 1. The monoisotopic (exact) mass is 423 g/mol. The number of hydrogen-bond acceptors (Lipinski definition) is 1. The van der Waals surface area contributed by atoms with E-state index in [1.807, 2.05) is 12.1 Å². The van der Waals surface area contributed by atoms with Gasteiger partial charge in [-0.05, 0) is 97.4 Å². The molecule has 0 atom stereocenters. The molecule has 1 spiro atoms. The summed E-state index contributed by atoms with van der Waals surface area (Å²) in [5.74, 6) is -0.926. The van der Waals surface area contributed by atoms with E-state index in [0.29, 0.717) is 11.5 Å². The number of aliphatic carboxylic acids is 1. The van der Waals surface area contributed by atoms with Crippen molar-refractivity contribution in [2.75, 3.05) is 0 Å². The highest BCUT2D eigenvalue weighted by Gasteiger charge is 2.55. The van der Waals surface area contributed by atoms with Crippen molar-refractivity contribution >= 4 is 16.9 Å². The van der Waals surface area contributed by atoms with Crippen LogP contribution in [0, 0.1) is 29.9 Å². The molecule has 0 radical (unpaired) electrons. The standard InChI is InChI=1S/C26H27F2NO2/c1-14(2)24-23(16-10-26(11-16)12-17(13-26)25(30)31)20-9-18(27)4-7-22(20)29(24)19-5-6-21(28)15(3)8-19/h4-9,14,16-17H,10-13H2,1-3H3,(H,30,31). The van der Waals surface area contributed by atoms with Crippen molar-refractivity contribution in [1.29, 1.82) is 0 Å². The van der Waals surface area contributed by atoms with E-state index in [2.05, 4.69) is 18.4 Å². The number of benzene rings is 2. The van der Waals surface area contributed by atoms with Gasteiger partial charge >= 0.3 is 5.97 Å². The summed E-state index contributed by atoms with van der Waals surface area (Å²) < 4.78 is 30.4. The fourth-order valence-electron chi connectivity index (χ4n) is 6.03. The highest BCUT2D eigenvalue weighted by Crippen LogP contribution is 2.65. The van der Waals surface area contributed by atoms with Crippen molar-refractivity contribution in [3.05, 3.63) is 64.9 Å². The molecule has 1 N–H and O–H groups in total. The van der Waals surface area contributed by atoms with E-state index in [1.54, 1.807) is 19.1 Å². The minimum Gasteiger partial charge on any atom is -0.481 e. The molecule has 2 aliphatic carbocycles. The molecule has 0 aliphatic heterocycles. The number of carboxylic acid groups (broad SMARTS) is 1. The summed E-state index contributed by atoms with van der Waals surface area (Å²) in [6.07, 6.45) is 3.41. The maximum absolute atomic E-state index is 14.3. The van der Waals surface area contributed by atoms with Crippen molar-refractivity contribution in [2.45, 2.75) is 58.3 Å². The van der Waals surface area contributed by atoms with Crippen molar-refractivity contribution in [2.24, 2.45) is 11.3 Å². The first-order chi connectivity index (χ1) is 14.7. The van der Waals surface area contributed by atoms with Gasteiger partial charge in [0.2, 0.25) is 0 Å². The summed E-state index contributed by atoms with van der Waals surface area (Å²) in [6.45, 7) is 6.03. The number of rotatable bonds is 4. The molecule has 3 aromatic rings. The van der Waals surface area contributed by atoms with Crippen molar-refractivity contribution in [3.63, 3.8) is 0 Å². The van der Waals surface area contributed by atoms with Crippen LogP contribution in [0.25, 0.3) is 16.6 Å². The molecule has 0 unspecified atom stereocenters. The van der Waals surface area contributed by atoms with Gasteiger partial charge in [-0.1, -0.05) is 13.8 Å². The van der Waals surface area contributed by atoms with Gasteiger partial charge in [-0.25, -0.2) is 8.78 Å². The Hall–Kier alpha value is -2.69. The van der Waals surface area contributed by atoms with Gasteiger partial charge in [0.15, 0.2) is 0 Å². The molecule has 162 valence electrons. The Morgan fingerprint density at radius 1 is 1.10 bits per heavy atom. The van der Waals surface area contributed by atoms with E-state index in [0.717, 1.165) is 48.0 Å². The second-order valence-corrected chi connectivity index (χ2v) is 9.93. The lowest BCUT2D eigenvalue weighted by Crippen LogP contribution is -2.49. The molecule has 2 aromatic carbocycles. The maximum atomic E-state index is 14.3. The summed E-state index contributed by atoms with van der Waals surface area (Å²) >= 11 is 0. The number of hydrogen-bond donors (Lipinski definition) is 1. The van der Waals surface area contributed by atoms with Crippen molar-refractivity contribution in [3.8, 4) is 5.69 Å². The van der Waals surface area contributed by atoms with E-state index in [-0.39, 0.29) is 28.9 Å². The summed E-state index contributed by atoms with van der Waals surface area (Å²) in [5.41, 5.74) is 4.85. The van der Waals surface area contributed by atoms with Crippen LogP contribution >= 0.6 is 0 Å². The Bertz CT molecular complexity index is 1200. The molecule has 2 fully saturated rings. The lowest BCUT2D eigenvalue weighted by Gasteiger charge is -2.57. The van der Waals surface area contributed by atoms with Gasteiger partial charge in [-0.3, -0.25) is 4.79 Å². The van der Waals surface area contributed by atoms with Crippen LogP contribution in [-0.4, -0.2) is 15.6 Å². The van der Waals surface area contributed by atoms with Gasteiger partial charge in [0, 0.05) is 16.8 Å². The second-order valence-electron chi connectivity index (χ2n) is 9.93. The molecule has 2 aliphatic rings. The molecule has 1 aromatic heterocycles. The molecule has 5 rings (SSSR count). The molecular weight excluding hydrogens is 396 g/mol. The first kappa shape index (κ1) is 20.2. The number of nitrogens with zero attached hydrogens (tertiary/aromatic N) is 1. The number of aromatic nitrogens is 1. The van der Waals surface area contributed by atoms with Crippen LogP contribution in [0.15, 0.2) is 36.4 Å². The van der Waals surface area contributed by atoms with E-state index in [1.165, 1.54) is 17.7 Å². The summed E-state index contributed by atoms with van der Waals surface area (Å²) in [6, 6.07) is 10.0. The first-order valence-electron chi connectivity index (χ1n) is 11.0. The van der Waals surface area contributed by atoms with Gasteiger partial charge < -0.3 is 9.67 Å². The zero-order valence-corrected chi connectivity index (χ0v) is 18.1. The molecule has 0 saturated heterocycles. The predicted molar refractivity (Wildman–Crippen MR) is 117 cm³/mol. The number of halogens is 2. The highest BCUT2D eigenvalue weighted by atomic mass is 19.1. The Balaban J connectivity index is 1.63. The Morgan fingerprint density at radius 2 is 1.81 bits per heavy atom. The Kier molecular flexibility index (Phi) is 4.51. The normalized spacial score (nSPS) is 25.1. The zero-order valence-electron chi connectivity index (χ0n) is 18.1. The molecule has 31 heavy (non-hydrogen) atoms. The number of carbonyl (C=O) groups is 1. The zero-order chi connectivity index (χ0) is 22.1. The van der Waals surface area contributed by atoms with Crippen LogP contribution < -0.4 is 0 Å². The van der Waals surface area contributed by atoms with E-state index < -0.39 is 5.97 Å². The lowest BCUT2D eigenvalue weighted by atomic mass is 9.47. The quantitative estimate of drug-likeness (QED) is 0.507. The number of carboxylic acids is 1. The summed E-state index contributed by atoms with van der Waals surface area (Å²) in [5, 5.41) is 10.2. The van der Waals surface area contributed by atoms with Gasteiger partial charge in [0.05, 0.1) is 11.4 Å². The van der Waals surface area contributed by atoms with Gasteiger partial charge in [-0.2, -0.15) is 0 Å². The van der Waals surface area contributed by atoms with Gasteiger partial charge in [-0.15, -0.1) is 0 Å². The summed E-state index contributed by atoms with van der Waals surface area (Å²) in [4.78, 5) is 11.3. The topological polar surface area (TPSA) is 42.2 Å². The Morgan fingerprint density at radius 3 is 2.42 bits per heavy atom. The van der Waals surface area contributed by atoms with Crippen LogP contribution in [0.5, 0.6) is 0 Å². The minimum atomic E-state index is -0.692. The van der Waals surface area contributed by atoms with E-state index >= 15 is 0 Å². The van der Waals surface area contributed by atoms with Crippen LogP contribution in [0.3, 0.4) is 0 Å². The van der Waals surface area contributed by atoms with Gasteiger partial charge in [0.1, 0.15) is 11.6 Å². The molecule has 5 heteroatoms. The third-order valence-electron chi connectivity index (χ3n) is 7.43. The van der Waals surface area contributed by atoms with E-state index in [4.69, 9.17) is 0 Å². The van der Waals surface area contributed by atoms with Crippen molar-refractivity contribution in [1.82, 2.24) is 4.57 Å². The third kappa shape index (κ3) is 3.08. The first-order valence-corrected chi connectivity index (χ1v) is 11.0. The van der Waals surface area contributed by atoms with Crippen LogP contribution in [0.4, 0.5) is 8.78 Å². The van der Waals surface area contributed by atoms with Crippen LogP contribution in [0.2, 0.25) is 0 Å². The van der Waals surface area contributed by atoms with Crippen LogP contribution in [0.1, 0.15) is 68.2 Å². The highest BCUT2D eigenvalue weighted by molar-refractivity contribution is 5.88. The van der Waals surface area contributed by atoms with E-state index in [9.17, 15) is 18.7 Å². The molecular formula is C26H27F2NO2. The fourth-order valence-corrected chi connectivity index (χ4v) is 6.03. The molecule has 0 bridgehead atoms. The minimum absolute atomic E-state index is 0.135. The molecule has 0 amide bonds. The summed E-state index contributed by atoms with van der Waals surface area (Å²) in [7, 11) is 0. The third-order valence-corrected chi connectivity index (χ3v) is 7.43. The smallest absolute Gasteiger partial charge is 0.306 e. The SMILES string of the molecule is Cc1cc(-n2c(C(C)C)c(C3CC4(CC(C(=O)O)C4)C3)c3cc(F)ccc32)ccc1F. The predicted octanol–water partition coefficient (Wildman–Crippen LogP) is 6.70. The number of aryl methyl sites for hydroxylation is 1. The second kappa shape index (κ2) is 6.91.